The van der Waals surface area contributed by atoms with Gasteiger partial charge in [0.25, 0.3) is 0 Å². The number of para-hydroxylation sites is 2. The summed E-state index contributed by atoms with van der Waals surface area (Å²) in [5.41, 5.74) is 4.73. The maximum atomic E-state index is 13.8. The highest BCUT2D eigenvalue weighted by atomic mass is 35.5. The van der Waals surface area contributed by atoms with Crippen molar-refractivity contribution in [2.75, 3.05) is 23.9 Å². The maximum absolute atomic E-state index is 13.8. The number of Topliss-reactive ketones (excluding diaryl/α,β-unsaturated/α-hetero) is 1. The molecule has 5 rings (SSSR count). The Balaban J connectivity index is 1.56. The average Bonchev–Trinajstić information content (AvgIpc) is 3.03. The predicted molar refractivity (Wildman–Crippen MR) is 157 cm³/mol. The van der Waals surface area contributed by atoms with E-state index in [4.69, 9.17) is 27.9 Å². The fourth-order valence-electron chi connectivity index (χ4n) is 5.45. The number of ketones is 1. The summed E-state index contributed by atoms with van der Waals surface area (Å²) in [5.74, 6) is 0.608. The number of nitrogens with zero attached hydrogens (tertiary/aromatic N) is 1. The van der Waals surface area contributed by atoms with Crippen LogP contribution >= 0.6 is 23.2 Å². The number of amides is 1. The van der Waals surface area contributed by atoms with Gasteiger partial charge < -0.3 is 20.3 Å². The molecule has 3 aromatic carbocycles. The second kappa shape index (κ2) is 10.9. The number of halogens is 2. The van der Waals surface area contributed by atoms with Gasteiger partial charge >= 0.3 is 0 Å². The van der Waals surface area contributed by atoms with Crippen LogP contribution in [0.3, 0.4) is 0 Å². The van der Waals surface area contributed by atoms with Gasteiger partial charge in [-0.15, -0.1) is 0 Å². The highest BCUT2D eigenvalue weighted by molar-refractivity contribution is 6.42. The van der Waals surface area contributed by atoms with E-state index in [0.29, 0.717) is 35.0 Å². The fourth-order valence-corrected chi connectivity index (χ4v) is 5.76. The Hall–Kier alpha value is -3.48. The lowest BCUT2D eigenvalue weighted by molar-refractivity contribution is -0.120. The molecule has 1 amide bonds. The lowest BCUT2D eigenvalue weighted by Gasteiger charge is -2.38. The van der Waals surface area contributed by atoms with E-state index in [-0.39, 0.29) is 23.7 Å². The number of anilines is 2. The van der Waals surface area contributed by atoms with Crippen molar-refractivity contribution in [3.05, 3.63) is 99.2 Å². The first kappa shape index (κ1) is 27.1. The first-order chi connectivity index (χ1) is 18.6. The third kappa shape index (κ3) is 5.77. The van der Waals surface area contributed by atoms with E-state index in [1.165, 1.54) is 0 Å². The molecule has 2 N–H and O–H groups in total. The Morgan fingerprint density at radius 3 is 2.62 bits per heavy atom. The lowest BCUT2D eigenvalue weighted by Crippen LogP contribution is -2.41. The van der Waals surface area contributed by atoms with E-state index in [9.17, 15) is 9.59 Å². The van der Waals surface area contributed by atoms with Gasteiger partial charge in [-0.05, 0) is 59.4 Å². The number of hydrogen-bond donors (Lipinski definition) is 2. The molecule has 39 heavy (non-hydrogen) atoms. The highest BCUT2D eigenvalue weighted by Crippen LogP contribution is 2.48. The van der Waals surface area contributed by atoms with Crippen LogP contribution < -0.4 is 20.3 Å². The minimum absolute atomic E-state index is 0.0288. The lowest BCUT2D eigenvalue weighted by atomic mass is 9.73. The highest BCUT2D eigenvalue weighted by Gasteiger charge is 2.42. The smallest absolute Gasteiger partial charge is 0.239 e. The molecule has 1 aliphatic heterocycles. The summed E-state index contributed by atoms with van der Waals surface area (Å²) >= 11 is 12.7. The van der Waals surface area contributed by atoms with Crippen molar-refractivity contribution in [1.29, 1.82) is 0 Å². The van der Waals surface area contributed by atoms with Crippen LogP contribution in [0.2, 0.25) is 10.0 Å². The monoisotopic (exact) mass is 563 g/mol. The van der Waals surface area contributed by atoms with E-state index in [2.05, 4.69) is 24.5 Å². The summed E-state index contributed by atoms with van der Waals surface area (Å²) in [7, 11) is 1.61. The molecule has 0 saturated heterocycles. The zero-order valence-electron chi connectivity index (χ0n) is 22.2. The van der Waals surface area contributed by atoms with Gasteiger partial charge in [0.1, 0.15) is 5.75 Å². The molecule has 8 heteroatoms. The molecular formula is C31H31Cl2N3O3. The zero-order chi connectivity index (χ0) is 27.7. The van der Waals surface area contributed by atoms with Crippen molar-refractivity contribution in [3.63, 3.8) is 0 Å². The van der Waals surface area contributed by atoms with Gasteiger partial charge in [-0.3, -0.25) is 9.59 Å². The van der Waals surface area contributed by atoms with Crippen LogP contribution in [0.1, 0.15) is 43.9 Å². The number of allylic oxidation sites excluding steroid dienone is 1. The molecule has 0 aromatic heterocycles. The van der Waals surface area contributed by atoms with Crippen molar-refractivity contribution in [2.24, 2.45) is 5.41 Å². The van der Waals surface area contributed by atoms with Gasteiger partial charge in [0.05, 0.1) is 41.1 Å². The van der Waals surface area contributed by atoms with Crippen molar-refractivity contribution >= 4 is 46.3 Å². The molecule has 0 radical (unpaired) electrons. The van der Waals surface area contributed by atoms with Crippen LogP contribution in [0.5, 0.6) is 5.75 Å². The molecule has 1 heterocycles. The number of ether oxygens (including phenoxy) is 1. The van der Waals surface area contributed by atoms with Crippen molar-refractivity contribution in [1.82, 2.24) is 5.32 Å². The summed E-state index contributed by atoms with van der Waals surface area (Å²) in [6, 6.07) is 20.3. The Morgan fingerprint density at radius 2 is 1.85 bits per heavy atom. The Kier molecular flexibility index (Phi) is 7.61. The van der Waals surface area contributed by atoms with Gasteiger partial charge in [-0.2, -0.15) is 0 Å². The molecule has 0 fully saturated rings. The minimum atomic E-state index is -0.530. The number of benzene rings is 3. The first-order valence-electron chi connectivity index (χ1n) is 12.9. The summed E-state index contributed by atoms with van der Waals surface area (Å²) in [6.07, 6.45) is 1.12. The van der Waals surface area contributed by atoms with Crippen LogP contribution in [0, 0.1) is 5.41 Å². The zero-order valence-corrected chi connectivity index (χ0v) is 23.7. The minimum Gasteiger partial charge on any atom is -0.497 e. The third-order valence-electron chi connectivity index (χ3n) is 7.20. The quantitative estimate of drug-likeness (QED) is 0.340. The molecule has 2 aliphatic rings. The molecule has 0 spiro atoms. The van der Waals surface area contributed by atoms with Gasteiger partial charge in [0.2, 0.25) is 5.91 Å². The summed E-state index contributed by atoms with van der Waals surface area (Å²) < 4.78 is 5.31. The molecule has 6 nitrogen and oxygen atoms in total. The van der Waals surface area contributed by atoms with Crippen molar-refractivity contribution in [2.45, 2.75) is 39.3 Å². The normalized spacial score (nSPS) is 18.0. The van der Waals surface area contributed by atoms with Gasteiger partial charge in [-0.1, -0.05) is 67.4 Å². The molecule has 1 aliphatic carbocycles. The van der Waals surface area contributed by atoms with Crippen LogP contribution in [-0.4, -0.2) is 25.3 Å². The third-order valence-corrected chi connectivity index (χ3v) is 7.94. The van der Waals surface area contributed by atoms with Gasteiger partial charge in [-0.25, -0.2) is 0 Å². The topological polar surface area (TPSA) is 70.7 Å². The molecular weight excluding hydrogens is 533 g/mol. The second-order valence-electron chi connectivity index (χ2n) is 10.8. The second-order valence-corrected chi connectivity index (χ2v) is 11.6. The predicted octanol–water partition coefficient (Wildman–Crippen LogP) is 6.93. The number of methoxy groups -OCH3 is 1. The maximum Gasteiger partial charge on any atom is 0.239 e. The number of carbonyl (C=O) groups is 2. The number of fused-ring (bicyclic) bond motifs is 1. The van der Waals surface area contributed by atoms with Crippen LogP contribution in [0.25, 0.3) is 0 Å². The van der Waals surface area contributed by atoms with E-state index in [1.54, 1.807) is 19.2 Å². The van der Waals surface area contributed by atoms with Crippen LogP contribution in [0.15, 0.2) is 78.0 Å². The molecule has 0 bridgehead atoms. The standard InChI is InChI=1S/C31H31Cl2N3O3/c1-31(2)15-25-29(27(37)16-31)30(20-11-12-22(32)23(33)14-20)36(26-10-5-4-9-24(26)35-25)18-28(38)34-17-19-7-6-8-21(13-19)39-3/h4-14,30,35H,15-18H2,1-3H3,(H,34,38). The summed E-state index contributed by atoms with van der Waals surface area (Å²) in [4.78, 5) is 29.2. The fraction of sp³-hybridized carbons (Fsp3) is 0.290. The molecule has 3 aromatic rings. The van der Waals surface area contributed by atoms with E-state index < -0.39 is 6.04 Å². The van der Waals surface area contributed by atoms with Crippen LogP contribution in [-0.2, 0) is 16.1 Å². The van der Waals surface area contributed by atoms with Gasteiger partial charge in [0.15, 0.2) is 5.78 Å². The first-order valence-corrected chi connectivity index (χ1v) is 13.6. The molecule has 1 unspecified atom stereocenters. The molecule has 1 atom stereocenters. The Bertz CT molecular complexity index is 1470. The van der Waals surface area contributed by atoms with E-state index in [1.807, 2.05) is 59.5 Å². The van der Waals surface area contributed by atoms with E-state index >= 15 is 0 Å². The molecule has 0 saturated carbocycles. The largest absolute Gasteiger partial charge is 0.497 e. The summed E-state index contributed by atoms with van der Waals surface area (Å²) in [5, 5.41) is 7.42. The number of carbonyl (C=O) groups excluding carboxylic acids is 2. The summed E-state index contributed by atoms with van der Waals surface area (Å²) in [6.45, 7) is 4.58. The number of rotatable bonds is 6. The average molecular weight is 565 g/mol. The Morgan fingerprint density at radius 1 is 1.05 bits per heavy atom. The number of hydrogen-bond acceptors (Lipinski definition) is 5. The van der Waals surface area contributed by atoms with Crippen molar-refractivity contribution < 1.29 is 14.3 Å². The van der Waals surface area contributed by atoms with E-state index in [0.717, 1.165) is 33.9 Å². The SMILES string of the molecule is COc1cccc(CNC(=O)CN2c3ccccc3NC3=C(C(=O)CC(C)(C)C3)C2c2ccc(Cl)c(Cl)c2)c1. The van der Waals surface area contributed by atoms with Crippen LogP contribution in [0.4, 0.5) is 11.4 Å². The number of nitrogens with one attached hydrogen (secondary N) is 2. The van der Waals surface area contributed by atoms with Gasteiger partial charge in [0, 0.05) is 24.2 Å². The molecule has 202 valence electrons. The Labute approximate surface area is 238 Å². The van der Waals surface area contributed by atoms with Crippen molar-refractivity contribution in [3.8, 4) is 5.75 Å².